The molecule has 1 aromatic heterocycles. The highest BCUT2D eigenvalue weighted by Crippen LogP contribution is 1.98. The highest BCUT2D eigenvalue weighted by Gasteiger charge is 2.12. The normalized spacial score (nSPS) is 11.8. The van der Waals surface area contributed by atoms with Crippen LogP contribution >= 0.6 is 0 Å². The van der Waals surface area contributed by atoms with Gasteiger partial charge in [-0.3, -0.25) is 4.79 Å². The smallest absolute Gasteiger partial charge is 0.316 e. The fraction of sp³-hybridized carbons (Fsp3) is 0.538. The molecule has 3 N–H and O–H groups in total. The lowest BCUT2D eigenvalue weighted by molar-refractivity contribution is -0.123. The number of nitrogens with one attached hydrogen (secondary N) is 3. The van der Waals surface area contributed by atoms with Gasteiger partial charge in [-0.05, 0) is 19.1 Å². The Labute approximate surface area is 118 Å². The van der Waals surface area contributed by atoms with Crippen LogP contribution in [0.4, 0.5) is 4.79 Å². The van der Waals surface area contributed by atoms with E-state index < -0.39 is 0 Å². The Morgan fingerprint density at radius 2 is 2.05 bits per heavy atom. The van der Waals surface area contributed by atoms with Crippen LogP contribution in [0.5, 0.6) is 0 Å². The molecule has 1 aromatic rings. The van der Waals surface area contributed by atoms with Crippen molar-refractivity contribution in [2.75, 3.05) is 27.2 Å². The molecular formula is C13H22N4O3. The number of hydrogen-bond donors (Lipinski definition) is 3. The second-order valence-electron chi connectivity index (χ2n) is 4.60. The van der Waals surface area contributed by atoms with E-state index in [1.807, 2.05) is 0 Å². The highest BCUT2D eigenvalue weighted by atomic mass is 16.3. The third kappa shape index (κ3) is 5.75. The fourth-order valence-corrected chi connectivity index (χ4v) is 1.45. The van der Waals surface area contributed by atoms with Crippen LogP contribution in [-0.2, 0) is 11.3 Å². The first kappa shape index (κ1) is 16.0. The summed E-state index contributed by atoms with van der Waals surface area (Å²) in [6.45, 7) is 3.13. The van der Waals surface area contributed by atoms with Gasteiger partial charge in [0.25, 0.3) is 0 Å². The highest BCUT2D eigenvalue weighted by molar-refractivity contribution is 5.81. The minimum absolute atomic E-state index is 0.111. The Bertz CT molecular complexity index is 417. The van der Waals surface area contributed by atoms with Crippen LogP contribution in [0, 0.1) is 0 Å². The van der Waals surface area contributed by atoms with Crippen LogP contribution in [0.25, 0.3) is 0 Å². The molecule has 0 spiro atoms. The van der Waals surface area contributed by atoms with E-state index >= 15 is 0 Å². The predicted octanol–water partition coefficient (Wildman–Crippen LogP) is 0.145. The van der Waals surface area contributed by atoms with Crippen molar-refractivity contribution < 1.29 is 14.0 Å². The van der Waals surface area contributed by atoms with Crippen LogP contribution in [-0.4, -0.2) is 50.1 Å². The van der Waals surface area contributed by atoms with Gasteiger partial charge in [0.15, 0.2) is 0 Å². The van der Waals surface area contributed by atoms with Gasteiger partial charge in [-0.25, -0.2) is 4.79 Å². The van der Waals surface area contributed by atoms with Crippen LogP contribution < -0.4 is 16.0 Å². The number of hydrogen-bond acceptors (Lipinski definition) is 4. The third-order valence-electron chi connectivity index (χ3n) is 2.67. The Morgan fingerprint density at radius 1 is 1.30 bits per heavy atom. The summed E-state index contributed by atoms with van der Waals surface area (Å²) in [6.07, 6.45) is 1.57. The van der Waals surface area contributed by atoms with E-state index in [-0.39, 0.29) is 18.0 Å². The van der Waals surface area contributed by atoms with E-state index in [0.29, 0.717) is 25.4 Å². The van der Waals surface area contributed by atoms with E-state index in [0.717, 1.165) is 0 Å². The van der Waals surface area contributed by atoms with Crippen LogP contribution in [0.3, 0.4) is 0 Å². The molecule has 7 nitrogen and oxygen atoms in total. The van der Waals surface area contributed by atoms with Crippen LogP contribution in [0.1, 0.15) is 12.7 Å². The lowest BCUT2D eigenvalue weighted by Gasteiger charge is -2.15. The zero-order valence-electron chi connectivity index (χ0n) is 12.1. The molecule has 0 saturated heterocycles. The molecule has 0 aromatic carbocycles. The second kappa shape index (κ2) is 8.21. The molecule has 0 aliphatic rings. The summed E-state index contributed by atoms with van der Waals surface area (Å²) < 4.78 is 5.12. The van der Waals surface area contributed by atoms with E-state index in [9.17, 15) is 9.59 Å². The number of rotatable bonds is 7. The number of furan rings is 1. The summed E-state index contributed by atoms with van der Waals surface area (Å²) in [5, 5.41) is 8.50. The lowest BCUT2D eigenvalue weighted by atomic mass is 10.3. The topological polar surface area (TPSA) is 86.6 Å². The molecule has 0 bridgehead atoms. The van der Waals surface area contributed by atoms with Crippen molar-refractivity contribution >= 4 is 11.9 Å². The van der Waals surface area contributed by atoms with Gasteiger partial charge >= 0.3 is 6.03 Å². The van der Waals surface area contributed by atoms with Gasteiger partial charge < -0.3 is 25.3 Å². The summed E-state index contributed by atoms with van der Waals surface area (Å²) >= 11 is 0. The van der Waals surface area contributed by atoms with Gasteiger partial charge in [0.05, 0.1) is 18.8 Å². The molecule has 0 aliphatic heterocycles. The molecule has 0 aliphatic carbocycles. The van der Waals surface area contributed by atoms with E-state index in [1.165, 1.54) is 4.90 Å². The maximum Gasteiger partial charge on any atom is 0.316 e. The van der Waals surface area contributed by atoms with Gasteiger partial charge in [0, 0.05) is 27.2 Å². The summed E-state index contributed by atoms with van der Waals surface area (Å²) in [6, 6.07) is 3.09. The number of amides is 3. The maximum absolute atomic E-state index is 11.8. The average molecular weight is 282 g/mol. The quantitative estimate of drug-likeness (QED) is 0.621. The van der Waals surface area contributed by atoms with Crippen molar-refractivity contribution in [1.82, 2.24) is 20.9 Å². The van der Waals surface area contributed by atoms with Gasteiger partial charge in [-0.2, -0.15) is 0 Å². The molecule has 1 unspecified atom stereocenters. The summed E-state index contributed by atoms with van der Waals surface area (Å²) in [5.41, 5.74) is 0. The summed E-state index contributed by atoms with van der Waals surface area (Å²) in [5.74, 6) is 0.601. The molecule has 3 amide bonds. The van der Waals surface area contributed by atoms with Crippen molar-refractivity contribution in [2.24, 2.45) is 0 Å². The Balaban J connectivity index is 2.13. The molecule has 0 fully saturated rings. The number of carbonyl (C=O) groups is 2. The lowest BCUT2D eigenvalue weighted by Crippen LogP contribution is -2.45. The van der Waals surface area contributed by atoms with Crippen molar-refractivity contribution in [2.45, 2.75) is 19.5 Å². The van der Waals surface area contributed by atoms with E-state index in [2.05, 4.69) is 16.0 Å². The molecule has 20 heavy (non-hydrogen) atoms. The first-order chi connectivity index (χ1) is 9.50. The molecule has 1 heterocycles. The van der Waals surface area contributed by atoms with Crippen molar-refractivity contribution in [3.63, 3.8) is 0 Å². The van der Waals surface area contributed by atoms with Gasteiger partial charge in [0.2, 0.25) is 5.91 Å². The Kier molecular flexibility index (Phi) is 6.58. The third-order valence-corrected chi connectivity index (χ3v) is 2.67. The minimum Gasteiger partial charge on any atom is -0.467 e. The molecule has 0 saturated carbocycles. The molecule has 1 rings (SSSR count). The van der Waals surface area contributed by atoms with Crippen LogP contribution in [0.15, 0.2) is 22.8 Å². The summed E-state index contributed by atoms with van der Waals surface area (Å²) in [7, 11) is 3.35. The minimum atomic E-state index is -0.332. The first-order valence-corrected chi connectivity index (χ1v) is 6.49. The fourth-order valence-electron chi connectivity index (χ4n) is 1.45. The van der Waals surface area contributed by atoms with Gasteiger partial charge in [-0.1, -0.05) is 0 Å². The molecule has 7 heteroatoms. The number of urea groups is 1. The standard InChI is InChI=1S/C13H22N4O3/c1-10(14-6-7-15-13(19)17(2)3)12(18)16-9-11-5-4-8-20-11/h4-5,8,10,14H,6-7,9H2,1-3H3,(H,15,19)(H,16,18). The molecule has 1 atom stereocenters. The van der Waals surface area contributed by atoms with E-state index in [1.54, 1.807) is 39.4 Å². The van der Waals surface area contributed by atoms with Crippen molar-refractivity contribution in [3.05, 3.63) is 24.2 Å². The van der Waals surface area contributed by atoms with Crippen molar-refractivity contribution in [1.29, 1.82) is 0 Å². The van der Waals surface area contributed by atoms with Crippen LogP contribution in [0.2, 0.25) is 0 Å². The van der Waals surface area contributed by atoms with E-state index in [4.69, 9.17) is 4.42 Å². The monoisotopic (exact) mass is 282 g/mol. The molecule has 0 radical (unpaired) electrons. The largest absolute Gasteiger partial charge is 0.467 e. The summed E-state index contributed by atoms with van der Waals surface area (Å²) in [4.78, 5) is 24.5. The van der Waals surface area contributed by atoms with Gasteiger partial charge in [0.1, 0.15) is 5.76 Å². The Morgan fingerprint density at radius 3 is 2.65 bits per heavy atom. The van der Waals surface area contributed by atoms with Crippen molar-refractivity contribution in [3.8, 4) is 0 Å². The van der Waals surface area contributed by atoms with Gasteiger partial charge in [-0.15, -0.1) is 0 Å². The Hall–Kier alpha value is -2.02. The zero-order valence-corrected chi connectivity index (χ0v) is 12.1. The second-order valence-corrected chi connectivity index (χ2v) is 4.60. The number of carbonyl (C=O) groups excluding carboxylic acids is 2. The molecule has 112 valence electrons. The maximum atomic E-state index is 11.8. The average Bonchev–Trinajstić information content (AvgIpc) is 2.93. The SMILES string of the molecule is CC(NCCNC(=O)N(C)C)C(=O)NCc1ccco1. The predicted molar refractivity (Wildman–Crippen MR) is 75.1 cm³/mol. The zero-order chi connectivity index (χ0) is 15.0. The first-order valence-electron chi connectivity index (χ1n) is 6.49. The number of nitrogens with zero attached hydrogens (tertiary/aromatic N) is 1. The molecular weight excluding hydrogens is 260 g/mol.